The van der Waals surface area contributed by atoms with E-state index in [9.17, 15) is 14.0 Å². The zero-order valence-electron chi connectivity index (χ0n) is 16.0. The summed E-state index contributed by atoms with van der Waals surface area (Å²) in [5.41, 5.74) is 2.33. The molecule has 1 fully saturated rings. The molecule has 3 heterocycles. The fourth-order valence-electron chi connectivity index (χ4n) is 3.41. The maximum absolute atomic E-state index is 13.4. The van der Waals surface area contributed by atoms with E-state index in [1.165, 1.54) is 22.9 Å². The van der Waals surface area contributed by atoms with Crippen LogP contribution in [-0.2, 0) is 11.3 Å². The molecule has 4 aromatic rings. The summed E-state index contributed by atoms with van der Waals surface area (Å²) in [4.78, 5) is 29.5. The van der Waals surface area contributed by atoms with E-state index in [0.717, 1.165) is 18.5 Å². The van der Waals surface area contributed by atoms with Crippen LogP contribution in [0.1, 0.15) is 24.5 Å². The lowest BCUT2D eigenvalue weighted by atomic mass is 10.1. The third-order valence-corrected chi connectivity index (χ3v) is 5.08. The number of fused-ring (bicyclic) bond motifs is 1. The highest BCUT2D eigenvalue weighted by Gasteiger charge is 2.26. The zero-order valence-corrected chi connectivity index (χ0v) is 16.0. The predicted molar refractivity (Wildman–Crippen MR) is 110 cm³/mol. The van der Waals surface area contributed by atoms with Crippen LogP contribution in [0.3, 0.4) is 0 Å². The van der Waals surface area contributed by atoms with Crippen molar-refractivity contribution in [3.63, 3.8) is 0 Å². The number of anilines is 1. The van der Waals surface area contributed by atoms with Crippen LogP contribution in [0.5, 0.6) is 0 Å². The van der Waals surface area contributed by atoms with Gasteiger partial charge in [-0.15, -0.1) is 0 Å². The number of carbonyl (C=O) groups is 1. The molecule has 3 aromatic heterocycles. The molecule has 8 heteroatoms. The summed E-state index contributed by atoms with van der Waals surface area (Å²) in [6.45, 7) is -0.206. The second-order valence-corrected chi connectivity index (χ2v) is 7.32. The lowest BCUT2D eigenvalue weighted by molar-refractivity contribution is -0.117. The van der Waals surface area contributed by atoms with Crippen molar-refractivity contribution in [1.82, 2.24) is 19.2 Å². The molecule has 1 aliphatic rings. The van der Waals surface area contributed by atoms with Crippen LogP contribution in [0, 0.1) is 5.82 Å². The molecule has 0 spiro atoms. The van der Waals surface area contributed by atoms with Crippen molar-refractivity contribution < 1.29 is 9.18 Å². The van der Waals surface area contributed by atoms with Crippen LogP contribution in [0.2, 0.25) is 0 Å². The minimum atomic E-state index is -0.397. The number of benzene rings is 1. The molecule has 5 rings (SSSR count). The molecule has 30 heavy (non-hydrogen) atoms. The Labute approximate surface area is 170 Å². The number of aromatic nitrogens is 4. The molecular weight excluding hydrogens is 385 g/mol. The zero-order chi connectivity index (χ0) is 20.7. The minimum Gasteiger partial charge on any atom is -0.308 e. The van der Waals surface area contributed by atoms with Crippen molar-refractivity contribution >= 4 is 17.4 Å². The van der Waals surface area contributed by atoms with Gasteiger partial charge in [0.2, 0.25) is 5.91 Å². The molecule has 0 atom stereocenters. The van der Waals surface area contributed by atoms with Crippen molar-refractivity contribution in [3.05, 3.63) is 82.7 Å². The molecule has 7 nitrogen and oxygen atoms in total. The molecule has 0 unspecified atom stereocenters. The highest BCUT2D eigenvalue weighted by atomic mass is 19.1. The van der Waals surface area contributed by atoms with Crippen LogP contribution in [-0.4, -0.2) is 25.1 Å². The van der Waals surface area contributed by atoms with Gasteiger partial charge in [0.05, 0.1) is 5.69 Å². The van der Waals surface area contributed by atoms with Gasteiger partial charge in [0, 0.05) is 23.7 Å². The van der Waals surface area contributed by atoms with Crippen LogP contribution in [0.15, 0.2) is 65.6 Å². The number of carbonyl (C=O) groups excluding carboxylic acids is 1. The van der Waals surface area contributed by atoms with E-state index in [1.54, 1.807) is 28.8 Å². The first-order valence-corrected chi connectivity index (χ1v) is 9.69. The Hall–Kier alpha value is -3.81. The summed E-state index contributed by atoms with van der Waals surface area (Å²) in [6.07, 6.45) is 3.89. The number of hydrogen-bond donors (Lipinski definition) is 1. The van der Waals surface area contributed by atoms with Crippen LogP contribution >= 0.6 is 0 Å². The van der Waals surface area contributed by atoms with E-state index in [2.05, 4.69) is 15.4 Å². The largest absolute Gasteiger partial charge is 0.308 e. The van der Waals surface area contributed by atoms with E-state index >= 15 is 0 Å². The van der Waals surface area contributed by atoms with Gasteiger partial charge in [-0.1, -0.05) is 6.07 Å². The first-order valence-electron chi connectivity index (χ1n) is 9.69. The van der Waals surface area contributed by atoms with E-state index in [-0.39, 0.29) is 17.9 Å². The molecule has 1 saturated carbocycles. The SMILES string of the molecule is O=C(Cn1nc(C2CC2)ccc1=O)Nc1c(-c2ccc(F)cc2)nc2ccccn12. The monoisotopic (exact) mass is 403 g/mol. The molecule has 0 radical (unpaired) electrons. The molecule has 0 saturated heterocycles. The van der Waals surface area contributed by atoms with E-state index in [1.807, 2.05) is 18.2 Å². The van der Waals surface area contributed by atoms with Crippen LogP contribution in [0.25, 0.3) is 16.9 Å². The van der Waals surface area contributed by atoms with Gasteiger partial charge in [0.15, 0.2) is 0 Å². The van der Waals surface area contributed by atoms with Crippen molar-refractivity contribution in [2.45, 2.75) is 25.3 Å². The highest BCUT2D eigenvalue weighted by molar-refractivity contribution is 5.94. The number of amides is 1. The van der Waals surface area contributed by atoms with Gasteiger partial charge >= 0.3 is 0 Å². The predicted octanol–water partition coefficient (Wildman–Crippen LogP) is 3.21. The number of rotatable bonds is 5. The summed E-state index contributed by atoms with van der Waals surface area (Å²) in [5, 5.41) is 7.19. The van der Waals surface area contributed by atoms with E-state index in [0.29, 0.717) is 28.6 Å². The average Bonchev–Trinajstić information content (AvgIpc) is 3.53. The Morgan fingerprint density at radius 2 is 1.90 bits per heavy atom. The molecule has 150 valence electrons. The maximum atomic E-state index is 13.4. The van der Waals surface area contributed by atoms with E-state index in [4.69, 9.17) is 0 Å². The average molecular weight is 403 g/mol. The van der Waals surface area contributed by atoms with Crippen molar-refractivity contribution in [2.75, 3.05) is 5.32 Å². The maximum Gasteiger partial charge on any atom is 0.267 e. The first kappa shape index (κ1) is 18.2. The Balaban J connectivity index is 1.48. The van der Waals surface area contributed by atoms with E-state index < -0.39 is 5.91 Å². The Kier molecular flexibility index (Phi) is 4.39. The van der Waals surface area contributed by atoms with Gasteiger partial charge in [0.1, 0.15) is 29.5 Å². The molecule has 1 N–H and O–H groups in total. The smallest absolute Gasteiger partial charge is 0.267 e. The van der Waals surface area contributed by atoms with Gasteiger partial charge < -0.3 is 5.32 Å². The van der Waals surface area contributed by atoms with Gasteiger partial charge in [-0.2, -0.15) is 5.10 Å². The fraction of sp³-hybridized carbons (Fsp3) is 0.182. The van der Waals surface area contributed by atoms with Crippen molar-refractivity contribution in [3.8, 4) is 11.3 Å². The Morgan fingerprint density at radius 1 is 1.10 bits per heavy atom. The number of halogens is 1. The summed E-state index contributed by atoms with van der Waals surface area (Å²) in [7, 11) is 0. The van der Waals surface area contributed by atoms with Crippen LogP contribution in [0.4, 0.5) is 10.2 Å². The summed E-state index contributed by atoms with van der Waals surface area (Å²) in [6, 6.07) is 14.6. The van der Waals surface area contributed by atoms with Crippen LogP contribution < -0.4 is 10.9 Å². The minimum absolute atomic E-state index is 0.206. The second-order valence-electron chi connectivity index (χ2n) is 7.32. The van der Waals surface area contributed by atoms with Gasteiger partial charge in [-0.25, -0.2) is 14.1 Å². The third-order valence-electron chi connectivity index (χ3n) is 5.08. The summed E-state index contributed by atoms with van der Waals surface area (Å²) in [5.74, 6) is 0.0815. The number of imidazole rings is 1. The summed E-state index contributed by atoms with van der Waals surface area (Å²) < 4.78 is 16.3. The fourth-order valence-corrected chi connectivity index (χ4v) is 3.41. The van der Waals surface area contributed by atoms with Crippen molar-refractivity contribution in [2.24, 2.45) is 0 Å². The summed E-state index contributed by atoms with van der Waals surface area (Å²) >= 11 is 0. The third kappa shape index (κ3) is 3.47. The lowest BCUT2D eigenvalue weighted by Crippen LogP contribution is -2.30. The molecule has 1 aliphatic carbocycles. The quantitative estimate of drug-likeness (QED) is 0.555. The molecule has 0 aliphatic heterocycles. The van der Waals surface area contributed by atoms with Gasteiger partial charge in [0.25, 0.3) is 5.56 Å². The number of hydrogen-bond acceptors (Lipinski definition) is 4. The van der Waals surface area contributed by atoms with Gasteiger partial charge in [-0.3, -0.25) is 14.0 Å². The topological polar surface area (TPSA) is 81.3 Å². The standard InChI is InChI=1S/C22H18FN5O2/c23-16-8-6-15(7-9-16)21-22(27-12-2-1-3-18(27)24-21)25-19(29)13-28-20(30)11-10-17(26-28)14-4-5-14/h1-3,6-12,14H,4-5,13H2,(H,25,29). The van der Waals surface area contributed by atoms with Gasteiger partial charge in [-0.05, 0) is 55.3 Å². The Bertz CT molecular complexity index is 1310. The molecule has 1 aromatic carbocycles. The number of nitrogens with zero attached hydrogens (tertiary/aromatic N) is 4. The lowest BCUT2D eigenvalue weighted by Gasteiger charge is -2.09. The number of nitrogens with one attached hydrogen (secondary N) is 1. The second kappa shape index (κ2) is 7.22. The normalized spacial score (nSPS) is 13.5. The highest BCUT2D eigenvalue weighted by Crippen LogP contribution is 2.38. The number of pyridine rings is 1. The molecule has 1 amide bonds. The Morgan fingerprint density at radius 3 is 2.67 bits per heavy atom. The molecular formula is C22H18FN5O2. The van der Waals surface area contributed by atoms with Crippen molar-refractivity contribution in [1.29, 1.82) is 0 Å². The first-order chi connectivity index (χ1) is 14.6. The molecule has 0 bridgehead atoms.